The molecule has 1 aliphatic rings. The lowest BCUT2D eigenvalue weighted by Crippen LogP contribution is -2.30. The van der Waals surface area contributed by atoms with Crippen LogP contribution in [0.25, 0.3) is 0 Å². The number of nitrogens with zero attached hydrogens (tertiary/aromatic N) is 2. The Balaban J connectivity index is 1.62. The van der Waals surface area contributed by atoms with Gasteiger partial charge in [0.05, 0.1) is 22.3 Å². The van der Waals surface area contributed by atoms with Crippen LogP contribution in [0, 0.1) is 13.8 Å². The number of ether oxygens (including phenoxy) is 1. The highest BCUT2D eigenvalue weighted by Gasteiger charge is 2.25. The van der Waals surface area contributed by atoms with Crippen molar-refractivity contribution >= 4 is 55.6 Å². The predicted octanol–water partition coefficient (Wildman–Crippen LogP) is 5.54. The zero-order valence-corrected chi connectivity index (χ0v) is 21.7. The zero-order valence-electron chi connectivity index (χ0n) is 18.5. The van der Waals surface area contributed by atoms with E-state index >= 15 is 0 Å². The number of carbonyl (C=O) groups excluding carboxylic acids is 1. The molecular formula is C22H31BrN4O2S2. The summed E-state index contributed by atoms with van der Waals surface area (Å²) in [7, 11) is 0. The molecule has 2 heterocycles. The molecule has 0 amide bonds. The second-order valence-corrected chi connectivity index (χ2v) is 10.1. The van der Waals surface area contributed by atoms with E-state index in [2.05, 4.69) is 38.6 Å². The van der Waals surface area contributed by atoms with Gasteiger partial charge in [0.15, 0.2) is 5.11 Å². The molecule has 9 heteroatoms. The highest BCUT2D eigenvalue weighted by molar-refractivity contribution is 9.10. The lowest BCUT2D eigenvalue weighted by atomic mass is 9.96. The summed E-state index contributed by atoms with van der Waals surface area (Å²) >= 11 is 10.7. The normalized spacial score (nSPS) is 13.8. The summed E-state index contributed by atoms with van der Waals surface area (Å²) in [5.41, 5.74) is 3.97. The average molecular weight is 528 g/mol. The highest BCUT2D eigenvalue weighted by Crippen LogP contribution is 2.37. The molecule has 2 aromatic rings. The quantitative estimate of drug-likeness (QED) is 0.280. The lowest BCUT2D eigenvalue weighted by Gasteiger charge is -2.13. The van der Waals surface area contributed by atoms with E-state index in [0.29, 0.717) is 17.3 Å². The van der Waals surface area contributed by atoms with Gasteiger partial charge >= 0.3 is 5.97 Å². The molecule has 0 aliphatic heterocycles. The zero-order chi connectivity index (χ0) is 22.4. The number of esters is 1. The van der Waals surface area contributed by atoms with Crippen LogP contribution in [0.3, 0.4) is 0 Å². The number of fused-ring (bicyclic) bond motifs is 1. The number of thiocarbonyl (C=S) groups is 1. The first-order valence-electron chi connectivity index (χ1n) is 11.0. The van der Waals surface area contributed by atoms with Crippen molar-refractivity contribution in [2.75, 3.05) is 18.5 Å². The molecule has 0 saturated heterocycles. The largest absolute Gasteiger partial charge is 0.462 e. The van der Waals surface area contributed by atoms with Gasteiger partial charge in [0.2, 0.25) is 0 Å². The summed E-state index contributed by atoms with van der Waals surface area (Å²) in [4.78, 5) is 14.0. The fourth-order valence-electron chi connectivity index (χ4n) is 3.90. The molecule has 2 N–H and O–H groups in total. The maximum absolute atomic E-state index is 12.7. The molecule has 0 spiro atoms. The fourth-order valence-corrected chi connectivity index (χ4v) is 5.73. The van der Waals surface area contributed by atoms with Gasteiger partial charge in [0.25, 0.3) is 0 Å². The minimum atomic E-state index is -0.249. The topological polar surface area (TPSA) is 68.2 Å². The van der Waals surface area contributed by atoms with E-state index in [4.69, 9.17) is 17.0 Å². The van der Waals surface area contributed by atoms with Crippen molar-refractivity contribution in [1.29, 1.82) is 0 Å². The van der Waals surface area contributed by atoms with Gasteiger partial charge in [-0.1, -0.05) is 12.8 Å². The number of anilines is 1. The SMILES string of the molecule is CCOC(=O)c1c(NC(=S)NCCCn2nc(C)c(Br)c2C)sc2c1CCCCCC2. The molecule has 0 fully saturated rings. The van der Waals surface area contributed by atoms with E-state index in [-0.39, 0.29) is 5.97 Å². The van der Waals surface area contributed by atoms with Crippen LogP contribution in [0.1, 0.15) is 71.2 Å². The van der Waals surface area contributed by atoms with Gasteiger partial charge in [-0.25, -0.2) is 4.79 Å². The highest BCUT2D eigenvalue weighted by atomic mass is 79.9. The third kappa shape index (κ3) is 6.08. The molecule has 1 aliphatic carbocycles. The van der Waals surface area contributed by atoms with Crippen LogP contribution in [-0.2, 0) is 24.1 Å². The number of aromatic nitrogens is 2. The molecule has 0 bridgehead atoms. The van der Waals surface area contributed by atoms with E-state index in [0.717, 1.165) is 65.2 Å². The van der Waals surface area contributed by atoms with Gasteiger partial charge in [0.1, 0.15) is 5.00 Å². The molecule has 0 aromatic carbocycles. The summed E-state index contributed by atoms with van der Waals surface area (Å²) in [5.74, 6) is -0.249. The Morgan fingerprint density at radius 2 is 2.00 bits per heavy atom. The number of hydrogen-bond donors (Lipinski definition) is 2. The molecule has 0 atom stereocenters. The van der Waals surface area contributed by atoms with Crippen molar-refractivity contribution in [3.05, 3.63) is 31.9 Å². The van der Waals surface area contributed by atoms with Crippen LogP contribution in [0.4, 0.5) is 5.00 Å². The number of rotatable bonds is 7. The van der Waals surface area contributed by atoms with Crippen LogP contribution in [0.5, 0.6) is 0 Å². The number of thiophene rings is 1. The van der Waals surface area contributed by atoms with Gasteiger partial charge in [-0.3, -0.25) is 4.68 Å². The molecule has 3 rings (SSSR count). The van der Waals surface area contributed by atoms with Crippen LogP contribution in [0.2, 0.25) is 0 Å². The van der Waals surface area contributed by atoms with Gasteiger partial charge < -0.3 is 15.4 Å². The second-order valence-electron chi connectivity index (χ2n) is 7.78. The Hall–Kier alpha value is -1.45. The van der Waals surface area contributed by atoms with Gasteiger partial charge in [0, 0.05) is 23.7 Å². The Morgan fingerprint density at radius 1 is 1.26 bits per heavy atom. The molecule has 6 nitrogen and oxygen atoms in total. The molecular weight excluding hydrogens is 496 g/mol. The first-order chi connectivity index (χ1) is 14.9. The molecule has 2 aromatic heterocycles. The van der Waals surface area contributed by atoms with Crippen molar-refractivity contribution in [2.24, 2.45) is 0 Å². The Labute approximate surface area is 202 Å². The summed E-state index contributed by atoms with van der Waals surface area (Å²) in [6, 6.07) is 0. The van der Waals surface area contributed by atoms with E-state index in [1.54, 1.807) is 11.3 Å². The predicted molar refractivity (Wildman–Crippen MR) is 134 cm³/mol. The minimum Gasteiger partial charge on any atom is -0.462 e. The fraction of sp³-hybridized carbons (Fsp3) is 0.591. The van der Waals surface area contributed by atoms with Crippen molar-refractivity contribution < 1.29 is 9.53 Å². The third-order valence-electron chi connectivity index (χ3n) is 5.50. The number of nitrogens with one attached hydrogen (secondary N) is 2. The minimum absolute atomic E-state index is 0.249. The van der Waals surface area contributed by atoms with Crippen molar-refractivity contribution in [3.63, 3.8) is 0 Å². The number of carbonyl (C=O) groups is 1. The van der Waals surface area contributed by atoms with E-state index < -0.39 is 0 Å². The van der Waals surface area contributed by atoms with Crippen LogP contribution in [-0.4, -0.2) is 34.0 Å². The first kappa shape index (κ1) is 24.2. The molecule has 0 radical (unpaired) electrons. The molecule has 170 valence electrons. The summed E-state index contributed by atoms with van der Waals surface area (Å²) in [6.07, 6.45) is 7.59. The number of hydrogen-bond acceptors (Lipinski definition) is 5. The first-order valence-corrected chi connectivity index (χ1v) is 13.0. The third-order valence-corrected chi connectivity index (χ3v) is 8.10. The standard InChI is InChI=1S/C22H31BrN4O2S2/c1-4-29-21(28)18-16-10-7-5-6-8-11-17(16)31-20(18)25-22(30)24-12-9-13-27-15(3)19(23)14(2)26-27/h4-13H2,1-3H3,(H2,24,25,30). The van der Waals surface area contributed by atoms with Crippen molar-refractivity contribution in [1.82, 2.24) is 15.1 Å². The smallest absolute Gasteiger partial charge is 0.341 e. The second kappa shape index (κ2) is 11.4. The molecule has 0 unspecified atom stereocenters. The lowest BCUT2D eigenvalue weighted by molar-refractivity contribution is 0.0526. The molecule has 0 saturated carbocycles. The Morgan fingerprint density at radius 3 is 2.68 bits per heavy atom. The summed E-state index contributed by atoms with van der Waals surface area (Å²) in [5, 5.41) is 12.4. The summed E-state index contributed by atoms with van der Waals surface area (Å²) in [6.45, 7) is 7.81. The van der Waals surface area contributed by atoms with Gasteiger partial charge in [-0.15, -0.1) is 11.3 Å². The number of halogens is 1. The van der Waals surface area contributed by atoms with Crippen molar-refractivity contribution in [2.45, 2.75) is 72.3 Å². The van der Waals surface area contributed by atoms with E-state index in [1.165, 1.54) is 24.1 Å². The average Bonchev–Trinajstić information content (AvgIpc) is 3.16. The van der Waals surface area contributed by atoms with Crippen LogP contribution >= 0.6 is 39.5 Å². The van der Waals surface area contributed by atoms with Gasteiger partial charge in [-0.2, -0.15) is 5.10 Å². The van der Waals surface area contributed by atoms with Crippen LogP contribution in [0.15, 0.2) is 4.47 Å². The van der Waals surface area contributed by atoms with Crippen molar-refractivity contribution in [3.8, 4) is 0 Å². The maximum atomic E-state index is 12.7. The van der Waals surface area contributed by atoms with Gasteiger partial charge in [-0.05, 0) is 86.6 Å². The van der Waals surface area contributed by atoms with E-state index in [9.17, 15) is 4.79 Å². The summed E-state index contributed by atoms with van der Waals surface area (Å²) < 4.78 is 8.44. The molecule has 31 heavy (non-hydrogen) atoms. The number of aryl methyl sites for hydroxylation is 3. The van der Waals surface area contributed by atoms with Crippen LogP contribution < -0.4 is 10.6 Å². The Bertz CT molecular complexity index is 939. The monoisotopic (exact) mass is 526 g/mol. The maximum Gasteiger partial charge on any atom is 0.341 e. The Kier molecular flexibility index (Phi) is 8.92. The van der Waals surface area contributed by atoms with E-state index in [1.807, 2.05) is 18.5 Å².